The molecular weight excluding hydrogens is 420 g/mol. The van der Waals surface area contributed by atoms with E-state index >= 15 is 0 Å². The molecule has 0 saturated carbocycles. The molecule has 2 atom stereocenters. The van der Waals surface area contributed by atoms with Crippen LogP contribution in [-0.4, -0.2) is 61.3 Å². The summed E-state index contributed by atoms with van der Waals surface area (Å²) in [7, 11) is -3.47. The number of nitrogens with zero attached hydrogens (tertiary/aromatic N) is 2. The Bertz CT molecular complexity index is 961. The standard InChI is InChI=1S/C21H28N4O5S/c1-16-13-25(14-17(2)30-16)31(27,28)11-10-23-21(26)24-19-4-3-5-20(12-19)29-15-18-6-8-22-9-7-18/h3-9,12,16-17H,10-11,13-15H2,1-2H3,(H2,23,24,26). The number of hydrogen-bond donors (Lipinski definition) is 2. The summed E-state index contributed by atoms with van der Waals surface area (Å²) in [6.45, 7) is 4.73. The van der Waals surface area contributed by atoms with Gasteiger partial charge in [0.25, 0.3) is 0 Å². The van der Waals surface area contributed by atoms with Crippen LogP contribution in [0.15, 0.2) is 48.8 Å². The van der Waals surface area contributed by atoms with Crippen LogP contribution < -0.4 is 15.4 Å². The number of carbonyl (C=O) groups excluding carboxylic acids is 1. The fourth-order valence-electron chi connectivity index (χ4n) is 3.27. The Morgan fingerprint density at radius 1 is 1.19 bits per heavy atom. The van der Waals surface area contributed by atoms with Crippen LogP contribution in [-0.2, 0) is 21.4 Å². The van der Waals surface area contributed by atoms with Gasteiger partial charge in [-0.05, 0) is 43.7 Å². The number of pyridine rings is 1. The van der Waals surface area contributed by atoms with Crippen molar-refractivity contribution in [1.82, 2.24) is 14.6 Å². The highest BCUT2D eigenvalue weighted by Gasteiger charge is 2.30. The van der Waals surface area contributed by atoms with Crippen LogP contribution in [0.3, 0.4) is 0 Å². The molecule has 1 aromatic heterocycles. The zero-order valence-electron chi connectivity index (χ0n) is 17.7. The maximum absolute atomic E-state index is 12.5. The van der Waals surface area contributed by atoms with Gasteiger partial charge in [0.1, 0.15) is 12.4 Å². The summed E-state index contributed by atoms with van der Waals surface area (Å²) in [5.41, 5.74) is 1.53. The number of ether oxygens (including phenoxy) is 2. The molecule has 9 nitrogen and oxygen atoms in total. The van der Waals surface area contributed by atoms with Gasteiger partial charge in [-0.3, -0.25) is 4.98 Å². The van der Waals surface area contributed by atoms with Crippen molar-refractivity contribution in [3.8, 4) is 5.75 Å². The predicted molar refractivity (Wildman–Crippen MR) is 117 cm³/mol. The number of sulfonamides is 1. The minimum Gasteiger partial charge on any atom is -0.489 e. The molecule has 0 aliphatic carbocycles. The number of carbonyl (C=O) groups is 1. The fraction of sp³-hybridized carbons (Fsp3) is 0.429. The molecule has 10 heteroatoms. The first-order valence-electron chi connectivity index (χ1n) is 10.1. The second-order valence-electron chi connectivity index (χ2n) is 7.44. The van der Waals surface area contributed by atoms with E-state index in [1.165, 1.54) is 4.31 Å². The quantitative estimate of drug-likeness (QED) is 0.641. The van der Waals surface area contributed by atoms with E-state index in [1.807, 2.05) is 26.0 Å². The number of aromatic nitrogens is 1. The summed E-state index contributed by atoms with van der Waals surface area (Å²) < 4.78 is 37.8. The molecule has 2 N–H and O–H groups in total. The summed E-state index contributed by atoms with van der Waals surface area (Å²) in [5.74, 6) is 0.433. The van der Waals surface area contributed by atoms with E-state index in [2.05, 4.69) is 15.6 Å². The molecule has 168 valence electrons. The monoisotopic (exact) mass is 448 g/mol. The summed E-state index contributed by atoms with van der Waals surface area (Å²) in [4.78, 5) is 16.1. The van der Waals surface area contributed by atoms with Crippen LogP contribution >= 0.6 is 0 Å². The Morgan fingerprint density at radius 3 is 2.61 bits per heavy atom. The van der Waals surface area contributed by atoms with Gasteiger partial charge in [0.2, 0.25) is 10.0 Å². The molecule has 1 aliphatic rings. The van der Waals surface area contributed by atoms with E-state index in [0.717, 1.165) is 5.56 Å². The number of benzene rings is 1. The number of morpholine rings is 1. The highest BCUT2D eigenvalue weighted by molar-refractivity contribution is 7.89. The third-order valence-corrected chi connectivity index (χ3v) is 6.48. The van der Waals surface area contributed by atoms with E-state index in [-0.39, 0.29) is 24.5 Å². The molecule has 1 saturated heterocycles. The van der Waals surface area contributed by atoms with Crippen molar-refractivity contribution in [2.45, 2.75) is 32.7 Å². The van der Waals surface area contributed by atoms with Crippen molar-refractivity contribution in [2.75, 3.05) is 30.7 Å². The van der Waals surface area contributed by atoms with E-state index < -0.39 is 16.1 Å². The molecule has 1 aromatic carbocycles. The normalized spacial score (nSPS) is 19.5. The zero-order chi connectivity index (χ0) is 22.3. The van der Waals surface area contributed by atoms with Crippen LogP contribution in [0.25, 0.3) is 0 Å². The lowest BCUT2D eigenvalue weighted by atomic mass is 10.3. The third-order valence-electron chi connectivity index (χ3n) is 4.67. The SMILES string of the molecule is CC1CN(S(=O)(=O)CCNC(=O)Nc2cccc(OCc3ccncc3)c2)CC(C)O1. The Morgan fingerprint density at radius 2 is 1.90 bits per heavy atom. The molecule has 1 fully saturated rings. The first-order chi connectivity index (χ1) is 14.8. The minimum atomic E-state index is -3.47. The Balaban J connectivity index is 1.45. The van der Waals surface area contributed by atoms with Gasteiger partial charge >= 0.3 is 6.03 Å². The first-order valence-corrected chi connectivity index (χ1v) is 11.7. The zero-order valence-corrected chi connectivity index (χ0v) is 18.5. The molecule has 2 unspecified atom stereocenters. The molecular formula is C21H28N4O5S. The van der Waals surface area contributed by atoms with Crippen LogP contribution in [0.5, 0.6) is 5.75 Å². The van der Waals surface area contributed by atoms with Crippen molar-refractivity contribution in [3.05, 3.63) is 54.4 Å². The van der Waals surface area contributed by atoms with Gasteiger partial charge in [-0.15, -0.1) is 0 Å². The van der Waals surface area contributed by atoms with Crippen molar-refractivity contribution in [2.24, 2.45) is 0 Å². The topological polar surface area (TPSA) is 110 Å². The van der Waals surface area contributed by atoms with Gasteiger partial charge in [-0.25, -0.2) is 13.2 Å². The molecule has 2 amide bonds. The van der Waals surface area contributed by atoms with Crippen LogP contribution in [0.1, 0.15) is 19.4 Å². The first kappa shape index (κ1) is 23.0. The van der Waals surface area contributed by atoms with E-state index in [9.17, 15) is 13.2 Å². The van der Waals surface area contributed by atoms with Crippen molar-refractivity contribution >= 4 is 21.7 Å². The Labute approximate surface area is 182 Å². The van der Waals surface area contributed by atoms with Crippen LogP contribution in [0, 0.1) is 0 Å². The van der Waals surface area contributed by atoms with Gasteiger partial charge in [-0.2, -0.15) is 4.31 Å². The van der Waals surface area contributed by atoms with Crippen LogP contribution in [0.2, 0.25) is 0 Å². The number of nitrogens with one attached hydrogen (secondary N) is 2. The Kier molecular flexibility index (Phi) is 7.83. The summed E-state index contributed by atoms with van der Waals surface area (Å²) >= 11 is 0. The van der Waals surface area contributed by atoms with Crippen molar-refractivity contribution in [1.29, 1.82) is 0 Å². The molecule has 31 heavy (non-hydrogen) atoms. The highest BCUT2D eigenvalue weighted by atomic mass is 32.2. The smallest absolute Gasteiger partial charge is 0.319 e. The lowest BCUT2D eigenvalue weighted by molar-refractivity contribution is -0.0440. The minimum absolute atomic E-state index is 0.00647. The van der Waals surface area contributed by atoms with Gasteiger partial charge in [0.05, 0.1) is 18.0 Å². The van der Waals surface area contributed by atoms with Gasteiger partial charge in [0.15, 0.2) is 0 Å². The molecule has 2 heterocycles. The third kappa shape index (κ3) is 7.20. The summed E-state index contributed by atoms with van der Waals surface area (Å²) in [5, 5.41) is 5.28. The van der Waals surface area contributed by atoms with Gasteiger partial charge in [0, 0.05) is 43.8 Å². The van der Waals surface area contributed by atoms with E-state index in [4.69, 9.17) is 9.47 Å². The molecule has 2 aromatic rings. The largest absolute Gasteiger partial charge is 0.489 e. The second kappa shape index (κ2) is 10.6. The maximum Gasteiger partial charge on any atom is 0.319 e. The molecule has 0 bridgehead atoms. The van der Waals surface area contributed by atoms with Gasteiger partial charge < -0.3 is 20.1 Å². The van der Waals surface area contributed by atoms with Gasteiger partial charge in [-0.1, -0.05) is 6.07 Å². The number of anilines is 1. The summed E-state index contributed by atoms with van der Waals surface area (Å²) in [6, 6.07) is 10.2. The number of urea groups is 1. The molecule has 3 rings (SSSR count). The van der Waals surface area contributed by atoms with Crippen molar-refractivity contribution in [3.63, 3.8) is 0 Å². The average Bonchev–Trinajstić information content (AvgIpc) is 2.72. The second-order valence-corrected chi connectivity index (χ2v) is 9.53. The predicted octanol–water partition coefficient (Wildman–Crippen LogP) is 2.22. The Hall–Kier alpha value is -2.69. The molecule has 1 aliphatic heterocycles. The van der Waals surface area contributed by atoms with E-state index in [0.29, 0.717) is 31.1 Å². The fourth-order valence-corrected chi connectivity index (χ4v) is 4.76. The lowest BCUT2D eigenvalue weighted by Crippen LogP contribution is -2.49. The number of amides is 2. The molecule has 0 radical (unpaired) electrons. The van der Waals surface area contributed by atoms with Crippen LogP contribution in [0.4, 0.5) is 10.5 Å². The maximum atomic E-state index is 12.5. The van der Waals surface area contributed by atoms with Crippen molar-refractivity contribution < 1.29 is 22.7 Å². The number of hydrogen-bond acceptors (Lipinski definition) is 6. The summed E-state index contributed by atoms with van der Waals surface area (Å²) in [6.07, 6.45) is 3.09. The van der Waals surface area contributed by atoms with E-state index in [1.54, 1.807) is 36.7 Å². The highest BCUT2D eigenvalue weighted by Crippen LogP contribution is 2.18. The lowest BCUT2D eigenvalue weighted by Gasteiger charge is -2.34. The number of rotatable bonds is 8. The average molecular weight is 449 g/mol. The molecule has 0 spiro atoms.